The second-order valence-electron chi connectivity index (χ2n) is 6.67. The lowest BCUT2D eigenvalue weighted by Gasteiger charge is -2.21. The molecule has 0 aliphatic carbocycles. The van der Waals surface area contributed by atoms with Gasteiger partial charge in [-0.05, 0) is 56.3 Å². The molecule has 28 heavy (non-hydrogen) atoms. The average molecular weight is 375 g/mol. The molecule has 0 saturated carbocycles. The van der Waals surface area contributed by atoms with Crippen LogP contribution in [0.4, 0.5) is 23.0 Å². The molecule has 0 bridgehead atoms. The van der Waals surface area contributed by atoms with E-state index >= 15 is 0 Å². The number of anilines is 4. The predicted molar refractivity (Wildman–Crippen MR) is 115 cm³/mol. The number of aromatic nitrogens is 2. The van der Waals surface area contributed by atoms with E-state index in [4.69, 9.17) is 0 Å². The van der Waals surface area contributed by atoms with Crippen LogP contribution in [0.3, 0.4) is 0 Å². The molecule has 144 valence electrons. The van der Waals surface area contributed by atoms with Crippen LogP contribution in [0.2, 0.25) is 0 Å². The number of para-hydroxylation sites is 1. The van der Waals surface area contributed by atoms with E-state index in [9.17, 15) is 4.79 Å². The van der Waals surface area contributed by atoms with Crippen molar-refractivity contribution in [1.29, 1.82) is 0 Å². The zero-order chi connectivity index (χ0) is 20.1. The Morgan fingerprint density at radius 2 is 1.64 bits per heavy atom. The highest BCUT2D eigenvalue weighted by atomic mass is 16.1. The Labute approximate surface area is 165 Å². The van der Waals surface area contributed by atoms with Gasteiger partial charge in [-0.25, -0.2) is 9.97 Å². The summed E-state index contributed by atoms with van der Waals surface area (Å²) in [5, 5.41) is 2.91. The molecular weight excluding hydrogens is 350 g/mol. The third-order valence-corrected chi connectivity index (χ3v) is 4.34. The summed E-state index contributed by atoms with van der Waals surface area (Å²) in [5.41, 5.74) is 3.87. The third-order valence-electron chi connectivity index (χ3n) is 4.34. The summed E-state index contributed by atoms with van der Waals surface area (Å²) in [6, 6.07) is 19.3. The summed E-state index contributed by atoms with van der Waals surface area (Å²) in [5.74, 6) is 0.260. The quantitative estimate of drug-likeness (QED) is 0.697. The van der Waals surface area contributed by atoms with Crippen molar-refractivity contribution in [3.63, 3.8) is 0 Å². The van der Waals surface area contributed by atoms with E-state index in [2.05, 4.69) is 15.3 Å². The zero-order valence-corrected chi connectivity index (χ0v) is 16.7. The van der Waals surface area contributed by atoms with Gasteiger partial charge in [-0.15, -0.1) is 0 Å². The summed E-state index contributed by atoms with van der Waals surface area (Å²) in [4.78, 5) is 25.8. The minimum atomic E-state index is -0.256. The molecule has 0 aliphatic rings. The topological polar surface area (TPSA) is 61.4 Å². The first-order chi connectivity index (χ1) is 13.5. The zero-order valence-electron chi connectivity index (χ0n) is 16.7. The van der Waals surface area contributed by atoms with Gasteiger partial charge in [-0.3, -0.25) is 4.79 Å². The Bertz CT molecular complexity index is 939. The summed E-state index contributed by atoms with van der Waals surface area (Å²) in [6.45, 7) is 4.60. The highest BCUT2D eigenvalue weighted by Gasteiger charge is 2.16. The normalized spacial score (nSPS) is 10.4. The molecule has 0 radical (unpaired) electrons. The lowest BCUT2D eigenvalue weighted by molar-refractivity contribution is 0.102. The fraction of sp³-hybridized carbons (Fsp3) is 0.227. The molecule has 0 atom stereocenters. The number of aryl methyl sites for hydroxylation is 1. The molecular formula is C22H25N5O. The maximum Gasteiger partial charge on any atom is 0.274 e. The number of nitrogens with zero attached hydrogens (tertiary/aromatic N) is 4. The minimum Gasteiger partial charge on any atom is -0.378 e. The molecule has 0 aliphatic heterocycles. The predicted octanol–water partition coefficient (Wildman–Crippen LogP) is 4.26. The number of benzene rings is 2. The molecule has 1 heterocycles. The largest absolute Gasteiger partial charge is 0.378 e. The van der Waals surface area contributed by atoms with Gasteiger partial charge < -0.3 is 15.1 Å². The Hall–Kier alpha value is -3.41. The van der Waals surface area contributed by atoms with E-state index in [1.54, 1.807) is 6.07 Å². The van der Waals surface area contributed by atoms with Gasteiger partial charge in [0, 0.05) is 43.4 Å². The minimum absolute atomic E-state index is 0.256. The third kappa shape index (κ3) is 4.46. The fourth-order valence-corrected chi connectivity index (χ4v) is 2.88. The van der Waals surface area contributed by atoms with Crippen LogP contribution in [0.1, 0.15) is 23.1 Å². The van der Waals surface area contributed by atoms with Gasteiger partial charge in [-0.1, -0.05) is 18.2 Å². The van der Waals surface area contributed by atoms with Crippen LogP contribution in [0.25, 0.3) is 0 Å². The highest BCUT2D eigenvalue weighted by Crippen LogP contribution is 2.22. The van der Waals surface area contributed by atoms with Crippen molar-refractivity contribution < 1.29 is 4.79 Å². The smallest absolute Gasteiger partial charge is 0.274 e. The van der Waals surface area contributed by atoms with Crippen molar-refractivity contribution >= 4 is 28.9 Å². The van der Waals surface area contributed by atoms with Crippen LogP contribution < -0.4 is 15.1 Å². The molecule has 0 unspecified atom stereocenters. The summed E-state index contributed by atoms with van der Waals surface area (Å²) in [6.07, 6.45) is 0. The van der Waals surface area contributed by atoms with Crippen LogP contribution in [-0.2, 0) is 0 Å². The van der Waals surface area contributed by atoms with E-state index in [1.165, 1.54) is 0 Å². The molecule has 1 N–H and O–H groups in total. The monoisotopic (exact) mass is 375 g/mol. The lowest BCUT2D eigenvalue weighted by Crippen LogP contribution is -2.22. The van der Waals surface area contributed by atoms with Crippen molar-refractivity contribution in [1.82, 2.24) is 9.97 Å². The fourth-order valence-electron chi connectivity index (χ4n) is 2.88. The molecule has 6 nitrogen and oxygen atoms in total. The highest BCUT2D eigenvalue weighted by molar-refractivity contribution is 6.03. The molecule has 0 saturated heterocycles. The molecule has 3 aromatic rings. The number of carbonyl (C=O) groups excluding carboxylic acids is 1. The summed E-state index contributed by atoms with van der Waals surface area (Å²) >= 11 is 0. The van der Waals surface area contributed by atoms with E-state index in [0.29, 0.717) is 18.2 Å². The number of hydrogen-bond donors (Lipinski definition) is 1. The maximum atomic E-state index is 12.8. The number of rotatable bonds is 6. The van der Waals surface area contributed by atoms with Gasteiger partial charge in [0.25, 0.3) is 5.91 Å². The number of nitrogens with one attached hydrogen (secondary N) is 1. The molecule has 1 aromatic heterocycles. The van der Waals surface area contributed by atoms with E-state index in [0.717, 1.165) is 22.8 Å². The molecule has 6 heteroatoms. The van der Waals surface area contributed by atoms with E-state index < -0.39 is 0 Å². The Balaban J connectivity index is 1.85. The van der Waals surface area contributed by atoms with Crippen molar-refractivity contribution in [2.75, 3.05) is 35.8 Å². The first-order valence-electron chi connectivity index (χ1n) is 9.25. The average Bonchev–Trinajstić information content (AvgIpc) is 2.69. The molecule has 0 fully saturated rings. The number of amides is 1. The Morgan fingerprint density at radius 3 is 2.25 bits per heavy atom. The molecule has 3 rings (SSSR count). The van der Waals surface area contributed by atoms with Crippen molar-refractivity contribution in [2.45, 2.75) is 13.8 Å². The summed E-state index contributed by atoms with van der Waals surface area (Å²) in [7, 11) is 3.95. The van der Waals surface area contributed by atoms with Gasteiger partial charge in [0.15, 0.2) is 0 Å². The van der Waals surface area contributed by atoms with Gasteiger partial charge in [0.1, 0.15) is 5.69 Å². The van der Waals surface area contributed by atoms with Crippen LogP contribution in [0, 0.1) is 6.92 Å². The molecule has 0 spiro atoms. The standard InChI is InChI=1S/C22H25N5O/c1-5-27(19-9-7-6-8-10-19)22-23-16(2)15-20(25-22)21(28)24-17-11-13-18(14-12-17)26(3)4/h6-15H,5H2,1-4H3,(H,24,28). The van der Waals surface area contributed by atoms with Crippen molar-refractivity contribution in [3.05, 3.63) is 72.1 Å². The molecule has 1 amide bonds. The van der Waals surface area contributed by atoms with Gasteiger partial charge in [0.2, 0.25) is 5.95 Å². The first-order valence-corrected chi connectivity index (χ1v) is 9.25. The first kappa shape index (κ1) is 19.4. The lowest BCUT2D eigenvalue weighted by atomic mass is 10.2. The van der Waals surface area contributed by atoms with Crippen LogP contribution in [0.5, 0.6) is 0 Å². The van der Waals surface area contributed by atoms with Gasteiger partial charge in [-0.2, -0.15) is 0 Å². The summed E-state index contributed by atoms with van der Waals surface area (Å²) < 4.78 is 0. The number of carbonyl (C=O) groups is 1. The van der Waals surface area contributed by atoms with Gasteiger partial charge in [0.05, 0.1) is 0 Å². The van der Waals surface area contributed by atoms with E-state index in [-0.39, 0.29) is 5.91 Å². The van der Waals surface area contributed by atoms with Crippen molar-refractivity contribution in [2.24, 2.45) is 0 Å². The Kier molecular flexibility index (Phi) is 5.89. The van der Waals surface area contributed by atoms with Crippen molar-refractivity contribution in [3.8, 4) is 0 Å². The second kappa shape index (κ2) is 8.52. The van der Waals surface area contributed by atoms with Crippen LogP contribution >= 0.6 is 0 Å². The SMILES string of the molecule is CCN(c1ccccc1)c1nc(C)cc(C(=O)Nc2ccc(N(C)C)cc2)n1. The van der Waals surface area contributed by atoms with Crippen LogP contribution in [-0.4, -0.2) is 36.5 Å². The second-order valence-corrected chi connectivity index (χ2v) is 6.67. The Morgan fingerprint density at radius 1 is 0.964 bits per heavy atom. The maximum absolute atomic E-state index is 12.8. The number of hydrogen-bond acceptors (Lipinski definition) is 5. The molecule has 2 aromatic carbocycles. The van der Waals surface area contributed by atoms with Gasteiger partial charge >= 0.3 is 0 Å². The van der Waals surface area contributed by atoms with E-state index in [1.807, 2.05) is 92.3 Å². The van der Waals surface area contributed by atoms with Crippen LogP contribution in [0.15, 0.2) is 60.7 Å².